The van der Waals surface area contributed by atoms with Crippen molar-refractivity contribution in [1.29, 1.82) is 0 Å². The number of hydrogen-bond donors (Lipinski definition) is 0. The van der Waals surface area contributed by atoms with Crippen LogP contribution in [0.5, 0.6) is 0 Å². The van der Waals surface area contributed by atoms with E-state index in [1.54, 1.807) is 47.5 Å². The van der Waals surface area contributed by atoms with E-state index in [4.69, 9.17) is 4.74 Å². The third kappa shape index (κ3) is 3.74. The first-order valence-corrected chi connectivity index (χ1v) is 8.25. The molecule has 1 aromatic carbocycles. The number of ether oxygens (including phenoxy) is 1. The molecule has 0 amide bonds. The Balaban J connectivity index is 1.42. The van der Waals surface area contributed by atoms with Crippen molar-refractivity contribution in [3.8, 4) is 0 Å². The maximum absolute atomic E-state index is 12.2. The second-order valence-electron chi connectivity index (χ2n) is 5.88. The van der Waals surface area contributed by atoms with Crippen LogP contribution in [0.4, 0.5) is 0 Å². The summed E-state index contributed by atoms with van der Waals surface area (Å²) in [6.07, 6.45) is 4.74. The number of benzene rings is 1. The summed E-state index contributed by atoms with van der Waals surface area (Å²) in [4.78, 5) is 32.5. The van der Waals surface area contributed by atoms with Crippen molar-refractivity contribution in [3.63, 3.8) is 0 Å². The first kappa shape index (κ1) is 16.6. The maximum atomic E-state index is 12.2. The molecule has 0 aliphatic rings. The molecule has 0 fully saturated rings. The van der Waals surface area contributed by atoms with Gasteiger partial charge in [0.05, 0.1) is 17.8 Å². The van der Waals surface area contributed by atoms with Crippen LogP contribution in [0.1, 0.15) is 21.6 Å². The van der Waals surface area contributed by atoms with E-state index < -0.39 is 5.97 Å². The van der Waals surface area contributed by atoms with Crippen LogP contribution in [-0.4, -0.2) is 30.1 Å². The smallest absolute Gasteiger partial charge is 0.338 e. The van der Waals surface area contributed by atoms with Gasteiger partial charge in [-0.05, 0) is 29.8 Å². The lowest BCUT2D eigenvalue weighted by molar-refractivity contribution is 0.0467. The third-order valence-corrected chi connectivity index (χ3v) is 3.98. The van der Waals surface area contributed by atoms with E-state index in [2.05, 4.69) is 15.1 Å². The highest BCUT2D eigenvalue weighted by Gasteiger charge is 2.09. The second kappa shape index (κ2) is 7.20. The molecule has 0 atom stereocenters. The van der Waals surface area contributed by atoms with E-state index in [-0.39, 0.29) is 12.2 Å². The minimum absolute atomic E-state index is 0.0693. The molecule has 0 saturated heterocycles. The molecule has 8 heteroatoms. The number of aromatic nitrogens is 5. The fraction of sp³-hybridized carbons (Fsp3) is 0.105. The van der Waals surface area contributed by atoms with Crippen LogP contribution >= 0.6 is 0 Å². The van der Waals surface area contributed by atoms with Crippen molar-refractivity contribution in [2.24, 2.45) is 0 Å². The van der Waals surface area contributed by atoms with E-state index in [0.29, 0.717) is 23.4 Å². The fourth-order valence-corrected chi connectivity index (χ4v) is 2.65. The first-order valence-electron chi connectivity index (χ1n) is 8.25. The van der Waals surface area contributed by atoms with Gasteiger partial charge >= 0.3 is 5.97 Å². The van der Waals surface area contributed by atoms with Crippen LogP contribution < -0.4 is 5.56 Å². The van der Waals surface area contributed by atoms with Gasteiger partial charge in [0.2, 0.25) is 0 Å². The molecule has 0 N–H and O–H groups in total. The van der Waals surface area contributed by atoms with Crippen molar-refractivity contribution in [1.82, 2.24) is 24.1 Å². The van der Waals surface area contributed by atoms with E-state index in [1.165, 1.54) is 16.8 Å². The van der Waals surface area contributed by atoms with Gasteiger partial charge in [0.1, 0.15) is 24.9 Å². The molecule has 0 aliphatic carbocycles. The minimum atomic E-state index is -0.475. The van der Waals surface area contributed by atoms with Crippen LogP contribution in [0.25, 0.3) is 5.65 Å². The molecule has 134 valence electrons. The zero-order valence-electron chi connectivity index (χ0n) is 14.2. The fourth-order valence-electron chi connectivity index (χ4n) is 2.65. The van der Waals surface area contributed by atoms with Crippen LogP contribution in [0.3, 0.4) is 0 Å². The highest BCUT2D eigenvalue weighted by molar-refractivity contribution is 5.89. The molecule has 0 saturated carbocycles. The van der Waals surface area contributed by atoms with Crippen molar-refractivity contribution in [2.45, 2.75) is 13.2 Å². The van der Waals surface area contributed by atoms with Crippen molar-refractivity contribution in [2.75, 3.05) is 0 Å². The Morgan fingerprint density at radius 1 is 1.11 bits per heavy atom. The van der Waals surface area contributed by atoms with Gasteiger partial charge in [-0.25, -0.2) is 19.4 Å². The largest absolute Gasteiger partial charge is 0.456 e. The summed E-state index contributed by atoms with van der Waals surface area (Å²) >= 11 is 0. The van der Waals surface area contributed by atoms with Crippen LogP contribution in [0.15, 0.2) is 72.2 Å². The lowest BCUT2D eigenvalue weighted by Gasteiger charge is -2.07. The summed E-state index contributed by atoms with van der Waals surface area (Å²) in [6.45, 7) is 0.500. The summed E-state index contributed by atoms with van der Waals surface area (Å²) in [5, 5.41) is 4.04. The van der Waals surface area contributed by atoms with Crippen LogP contribution in [0, 0.1) is 0 Å². The molecule has 0 unspecified atom stereocenters. The summed E-state index contributed by atoms with van der Waals surface area (Å²) in [5.41, 5.74) is 2.11. The standard InChI is InChI=1S/C19H15N5O3/c25-18-9-16(22-17-3-1-2-8-24(17)18)11-27-19(26)15-6-4-14(5-7-15)10-23-13-20-12-21-23/h1-9,12-13H,10-11H2. The van der Waals surface area contributed by atoms with E-state index in [0.717, 1.165) is 5.56 Å². The average molecular weight is 361 g/mol. The maximum Gasteiger partial charge on any atom is 0.338 e. The predicted octanol–water partition coefficient (Wildman–Crippen LogP) is 1.69. The summed E-state index contributed by atoms with van der Waals surface area (Å²) in [5.74, 6) is -0.475. The van der Waals surface area contributed by atoms with Crippen LogP contribution in [-0.2, 0) is 17.9 Å². The number of carbonyl (C=O) groups excluding carboxylic acids is 1. The van der Waals surface area contributed by atoms with Crippen molar-refractivity contribution < 1.29 is 9.53 Å². The van der Waals surface area contributed by atoms with Gasteiger partial charge in [0, 0.05) is 12.3 Å². The van der Waals surface area contributed by atoms with Gasteiger partial charge in [-0.1, -0.05) is 18.2 Å². The van der Waals surface area contributed by atoms with Gasteiger partial charge in [0.15, 0.2) is 0 Å². The molecule has 27 heavy (non-hydrogen) atoms. The Bertz CT molecular complexity index is 1130. The summed E-state index contributed by atoms with van der Waals surface area (Å²) in [6, 6.07) is 13.7. The minimum Gasteiger partial charge on any atom is -0.456 e. The Kier molecular flexibility index (Phi) is 4.44. The molecule has 3 aromatic heterocycles. The number of esters is 1. The number of rotatable bonds is 5. The number of pyridine rings is 1. The third-order valence-electron chi connectivity index (χ3n) is 3.98. The highest BCUT2D eigenvalue weighted by atomic mass is 16.5. The van der Waals surface area contributed by atoms with Gasteiger partial charge in [0.25, 0.3) is 5.56 Å². The molecule has 0 aliphatic heterocycles. The molecule has 4 rings (SSSR count). The van der Waals surface area contributed by atoms with E-state index in [1.807, 2.05) is 12.1 Å². The Morgan fingerprint density at radius 2 is 1.96 bits per heavy atom. The summed E-state index contributed by atoms with van der Waals surface area (Å²) < 4.78 is 8.41. The van der Waals surface area contributed by atoms with Gasteiger partial charge in [-0.3, -0.25) is 9.20 Å². The molecule has 0 bridgehead atoms. The Morgan fingerprint density at radius 3 is 2.74 bits per heavy atom. The lowest BCUT2D eigenvalue weighted by atomic mass is 10.1. The molecule has 4 aromatic rings. The molecule has 3 heterocycles. The Hall–Kier alpha value is -3.81. The normalized spacial score (nSPS) is 10.8. The zero-order valence-corrected chi connectivity index (χ0v) is 14.2. The zero-order chi connectivity index (χ0) is 18.6. The van der Waals surface area contributed by atoms with Crippen molar-refractivity contribution >= 4 is 11.6 Å². The lowest BCUT2D eigenvalue weighted by Crippen LogP contribution is -2.16. The van der Waals surface area contributed by atoms with E-state index in [9.17, 15) is 9.59 Å². The second-order valence-corrected chi connectivity index (χ2v) is 5.88. The molecule has 0 radical (unpaired) electrons. The quantitative estimate of drug-likeness (QED) is 0.503. The Labute approximate surface area is 153 Å². The summed E-state index contributed by atoms with van der Waals surface area (Å²) in [7, 11) is 0. The average Bonchev–Trinajstić information content (AvgIpc) is 3.20. The highest BCUT2D eigenvalue weighted by Crippen LogP contribution is 2.09. The van der Waals surface area contributed by atoms with Crippen molar-refractivity contribution in [3.05, 3.63) is 94.6 Å². The number of nitrogens with zero attached hydrogens (tertiary/aromatic N) is 5. The van der Waals surface area contributed by atoms with Gasteiger partial charge in [-0.15, -0.1) is 0 Å². The predicted molar refractivity (Wildman–Crippen MR) is 96.1 cm³/mol. The van der Waals surface area contributed by atoms with Gasteiger partial charge < -0.3 is 4.74 Å². The molecule has 8 nitrogen and oxygen atoms in total. The first-order chi connectivity index (χ1) is 13.2. The molecular weight excluding hydrogens is 346 g/mol. The number of fused-ring (bicyclic) bond motifs is 1. The monoisotopic (exact) mass is 361 g/mol. The molecule has 0 spiro atoms. The number of hydrogen-bond acceptors (Lipinski definition) is 6. The van der Waals surface area contributed by atoms with Crippen LogP contribution in [0.2, 0.25) is 0 Å². The van der Waals surface area contributed by atoms with E-state index >= 15 is 0 Å². The topological polar surface area (TPSA) is 91.4 Å². The number of carbonyl (C=O) groups is 1. The molecular formula is C19H15N5O3. The SMILES string of the molecule is O=C(OCc1cc(=O)n2ccccc2n1)c1ccc(Cn2cncn2)cc1. The van der Waals surface area contributed by atoms with Gasteiger partial charge in [-0.2, -0.15) is 5.10 Å².